The Balaban J connectivity index is 1.24. The summed E-state index contributed by atoms with van der Waals surface area (Å²) in [5.41, 5.74) is 1.92. The second-order valence-corrected chi connectivity index (χ2v) is 8.18. The van der Waals surface area contributed by atoms with E-state index >= 15 is 0 Å². The van der Waals surface area contributed by atoms with Crippen molar-refractivity contribution in [3.63, 3.8) is 0 Å². The zero-order valence-corrected chi connectivity index (χ0v) is 18.4. The Morgan fingerprint density at radius 2 is 1.59 bits per heavy atom. The van der Waals surface area contributed by atoms with Crippen LogP contribution in [0, 0.1) is 0 Å². The molecule has 0 radical (unpaired) electrons. The lowest BCUT2D eigenvalue weighted by molar-refractivity contribution is -0.113. The first-order valence-corrected chi connectivity index (χ1v) is 11.3. The number of carbonyl (C=O) groups is 1. The molecule has 0 aliphatic carbocycles. The van der Waals surface area contributed by atoms with Crippen molar-refractivity contribution in [3.05, 3.63) is 96.4 Å². The number of nitrogens with zero attached hydrogens (tertiary/aromatic N) is 2. The molecule has 1 heterocycles. The van der Waals surface area contributed by atoms with Gasteiger partial charge in [0.05, 0.1) is 5.75 Å². The van der Waals surface area contributed by atoms with Gasteiger partial charge in [-0.05, 0) is 47.9 Å². The van der Waals surface area contributed by atoms with Gasteiger partial charge in [0.25, 0.3) is 5.22 Å². The fourth-order valence-electron chi connectivity index (χ4n) is 3.10. The van der Waals surface area contributed by atoms with Gasteiger partial charge >= 0.3 is 0 Å². The van der Waals surface area contributed by atoms with Crippen LogP contribution in [0.2, 0.25) is 0 Å². The molecule has 0 fully saturated rings. The SMILES string of the molecule is CC(Cc1nnc(SCC(=O)Nc2ccc(Oc3ccccc3)cc2)o1)c1ccccc1. The number of nitrogens with one attached hydrogen (secondary N) is 1. The lowest BCUT2D eigenvalue weighted by Gasteiger charge is -2.08. The molecule has 162 valence electrons. The zero-order chi connectivity index (χ0) is 22.2. The van der Waals surface area contributed by atoms with Crippen molar-refractivity contribution >= 4 is 23.4 Å². The van der Waals surface area contributed by atoms with Crippen molar-refractivity contribution < 1.29 is 13.9 Å². The third-order valence-corrected chi connectivity index (χ3v) is 5.56. The highest BCUT2D eigenvalue weighted by Crippen LogP contribution is 2.24. The maximum absolute atomic E-state index is 12.3. The number of carbonyl (C=O) groups excluding carboxylic acids is 1. The lowest BCUT2D eigenvalue weighted by Crippen LogP contribution is -2.13. The summed E-state index contributed by atoms with van der Waals surface area (Å²) in [6.45, 7) is 2.12. The molecule has 1 aromatic heterocycles. The Hall–Kier alpha value is -3.58. The smallest absolute Gasteiger partial charge is 0.277 e. The molecule has 1 atom stereocenters. The van der Waals surface area contributed by atoms with Crippen LogP contribution in [0.15, 0.2) is 94.6 Å². The van der Waals surface area contributed by atoms with E-state index in [0.29, 0.717) is 29.0 Å². The van der Waals surface area contributed by atoms with Crippen LogP contribution in [0.1, 0.15) is 24.3 Å². The molecule has 3 aromatic carbocycles. The Morgan fingerprint density at radius 3 is 2.31 bits per heavy atom. The second-order valence-electron chi connectivity index (χ2n) is 7.25. The van der Waals surface area contributed by atoms with E-state index in [2.05, 4.69) is 34.6 Å². The number of anilines is 1. The maximum Gasteiger partial charge on any atom is 0.277 e. The van der Waals surface area contributed by atoms with Crippen LogP contribution in [-0.4, -0.2) is 21.9 Å². The number of benzene rings is 3. The van der Waals surface area contributed by atoms with Crippen molar-refractivity contribution in [2.75, 3.05) is 11.1 Å². The molecule has 1 amide bonds. The Morgan fingerprint density at radius 1 is 0.938 bits per heavy atom. The molecule has 0 saturated carbocycles. The molecule has 0 bridgehead atoms. The summed E-state index contributed by atoms with van der Waals surface area (Å²) in [5, 5.41) is 11.4. The van der Waals surface area contributed by atoms with Gasteiger partial charge in [-0.3, -0.25) is 4.79 Å². The van der Waals surface area contributed by atoms with Crippen LogP contribution in [0.3, 0.4) is 0 Å². The van der Waals surface area contributed by atoms with E-state index in [-0.39, 0.29) is 17.6 Å². The number of hydrogen-bond acceptors (Lipinski definition) is 6. The van der Waals surface area contributed by atoms with Gasteiger partial charge in [0.2, 0.25) is 11.8 Å². The van der Waals surface area contributed by atoms with Crippen LogP contribution in [0.25, 0.3) is 0 Å². The topological polar surface area (TPSA) is 77.2 Å². The predicted molar refractivity (Wildman–Crippen MR) is 125 cm³/mol. The monoisotopic (exact) mass is 445 g/mol. The fraction of sp³-hybridized carbons (Fsp3) is 0.160. The highest BCUT2D eigenvalue weighted by atomic mass is 32.2. The number of amides is 1. The molecule has 1 unspecified atom stereocenters. The first kappa shape index (κ1) is 21.6. The molecule has 0 saturated heterocycles. The average molecular weight is 446 g/mol. The molecular weight excluding hydrogens is 422 g/mol. The summed E-state index contributed by atoms with van der Waals surface area (Å²) in [5.74, 6) is 2.33. The van der Waals surface area contributed by atoms with Crippen molar-refractivity contribution in [2.45, 2.75) is 24.5 Å². The molecule has 7 heteroatoms. The maximum atomic E-state index is 12.3. The molecule has 0 aliphatic heterocycles. The standard InChI is InChI=1S/C25H23N3O3S/c1-18(19-8-4-2-5-9-19)16-24-27-28-25(31-24)32-17-23(29)26-20-12-14-22(15-13-20)30-21-10-6-3-7-11-21/h2-15,18H,16-17H2,1H3,(H,26,29). The third-order valence-electron chi connectivity index (χ3n) is 4.74. The van der Waals surface area contributed by atoms with Crippen molar-refractivity contribution in [1.82, 2.24) is 10.2 Å². The zero-order valence-electron chi connectivity index (χ0n) is 17.6. The van der Waals surface area contributed by atoms with Gasteiger partial charge in [-0.1, -0.05) is 67.2 Å². The van der Waals surface area contributed by atoms with E-state index in [4.69, 9.17) is 9.15 Å². The van der Waals surface area contributed by atoms with Crippen LogP contribution < -0.4 is 10.1 Å². The van der Waals surface area contributed by atoms with Crippen LogP contribution >= 0.6 is 11.8 Å². The van der Waals surface area contributed by atoms with E-state index in [9.17, 15) is 4.79 Å². The van der Waals surface area contributed by atoms with E-state index in [1.165, 1.54) is 17.3 Å². The average Bonchev–Trinajstić information content (AvgIpc) is 3.27. The number of para-hydroxylation sites is 1. The van der Waals surface area contributed by atoms with Gasteiger partial charge in [0.15, 0.2) is 0 Å². The van der Waals surface area contributed by atoms with E-state index in [1.54, 1.807) is 12.1 Å². The molecule has 0 aliphatic rings. The van der Waals surface area contributed by atoms with E-state index in [1.807, 2.05) is 60.7 Å². The van der Waals surface area contributed by atoms with E-state index < -0.39 is 0 Å². The minimum atomic E-state index is -0.149. The number of ether oxygens (including phenoxy) is 1. The first-order valence-electron chi connectivity index (χ1n) is 10.3. The van der Waals surface area contributed by atoms with Gasteiger partial charge in [-0.15, -0.1) is 10.2 Å². The van der Waals surface area contributed by atoms with Crippen molar-refractivity contribution in [3.8, 4) is 11.5 Å². The summed E-state index contributed by atoms with van der Waals surface area (Å²) >= 11 is 1.22. The Bertz CT molecular complexity index is 1130. The minimum absolute atomic E-state index is 0.149. The summed E-state index contributed by atoms with van der Waals surface area (Å²) in [6, 6.07) is 27.0. The van der Waals surface area contributed by atoms with Crippen molar-refractivity contribution in [2.24, 2.45) is 0 Å². The quantitative estimate of drug-likeness (QED) is 0.321. The predicted octanol–water partition coefficient (Wildman–Crippen LogP) is 5.94. The van der Waals surface area contributed by atoms with Crippen LogP contribution in [0.5, 0.6) is 11.5 Å². The summed E-state index contributed by atoms with van der Waals surface area (Å²) in [7, 11) is 0. The number of thioether (sulfide) groups is 1. The number of hydrogen-bond donors (Lipinski definition) is 1. The second kappa shape index (κ2) is 10.6. The minimum Gasteiger partial charge on any atom is -0.457 e. The fourth-order valence-corrected chi connectivity index (χ4v) is 3.68. The molecule has 4 rings (SSSR count). The highest BCUT2D eigenvalue weighted by molar-refractivity contribution is 7.99. The van der Waals surface area contributed by atoms with Gasteiger partial charge < -0.3 is 14.5 Å². The third kappa shape index (κ3) is 6.21. The largest absolute Gasteiger partial charge is 0.457 e. The molecular formula is C25H23N3O3S. The van der Waals surface area contributed by atoms with Gasteiger partial charge in [0.1, 0.15) is 11.5 Å². The van der Waals surface area contributed by atoms with Crippen molar-refractivity contribution in [1.29, 1.82) is 0 Å². The van der Waals surface area contributed by atoms with Crippen LogP contribution in [-0.2, 0) is 11.2 Å². The summed E-state index contributed by atoms with van der Waals surface area (Å²) in [4.78, 5) is 12.3. The molecule has 0 spiro atoms. The van der Waals surface area contributed by atoms with Gasteiger partial charge in [-0.25, -0.2) is 0 Å². The normalized spacial score (nSPS) is 11.7. The number of rotatable bonds is 9. The summed E-state index contributed by atoms with van der Waals surface area (Å²) < 4.78 is 11.5. The van der Waals surface area contributed by atoms with E-state index in [0.717, 1.165) is 5.75 Å². The molecule has 4 aromatic rings. The van der Waals surface area contributed by atoms with Gasteiger partial charge in [0, 0.05) is 12.1 Å². The molecule has 1 N–H and O–H groups in total. The molecule has 6 nitrogen and oxygen atoms in total. The molecule has 32 heavy (non-hydrogen) atoms. The Kier molecular flexibility index (Phi) is 7.19. The van der Waals surface area contributed by atoms with Crippen LogP contribution in [0.4, 0.5) is 5.69 Å². The van der Waals surface area contributed by atoms with Gasteiger partial charge in [-0.2, -0.15) is 0 Å². The highest BCUT2D eigenvalue weighted by Gasteiger charge is 2.14. The summed E-state index contributed by atoms with van der Waals surface area (Å²) in [6.07, 6.45) is 0.654. The number of aromatic nitrogens is 2. The lowest BCUT2D eigenvalue weighted by atomic mass is 9.98. The Labute approximate surface area is 191 Å². The first-order chi connectivity index (χ1) is 15.7.